The van der Waals surface area contributed by atoms with E-state index in [0.29, 0.717) is 18.4 Å². The Morgan fingerprint density at radius 2 is 2.00 bits per heavy atom. The van der Waals surface area contributed by atoms with Crippen LogP contribution in [0.1, 0.15) is 67.6 Å². The number of carbonyl (C=O) groups excluding carboxylic acids is 1. The molecule has 1 aliphatic heterocycles. The van der Waals surface area contributed by atoms with Gasteiger partial charge < -0.3 is 5.32 Å². The molecule has 4 heteroatoms. The molecule has 0 bridgehead atoms. The fourth-order valence-corrected chi connectivity index (χ4v) is 6.19. The van der Waals surface area contributed by atoms with E-state index in [9.17, 15) is 4.79 Å². The standard InChI is InChI=1S/C24H30N2OS/c27-23(25-20-4-3-5-20)14-19-15-24(22-7-2-1-6-21(19)22)9-11-26(12-10-24)16-18-8-13-28-17-18/h1-2,6-8,13,17,19-20H,3-5,9-12,14-16H2,(H,25,27). The lowest BCUT2D eigenvalue weighted by atomic mass is 9.73. The molecule has 2 fully saturated rings. The predicted octanol–water partition coefficient (Wildman–Crippen LogP) is 4.83. The summed E-state index contributed by atoms with van der Waals surface area (Å²) in [7, 11) is 0. The van der Waals surface area contributed by atoms with Gasteiger partial charge in [-0.25, -0.2) is 0 Å². The van der Waals surface area contributed by atoms with E-state index in [1.54, 1.807) is 11.3 Å². The lowest BCUT2D eigenvalue weighted by Crippen LogP contribution is -2.41. The highest BCUT2D eigenvalue weighted by molar-refractivity contribution is 7.07. The van der Waals surface area contributed by atoms with Gasteiger partial charge in [0.25, 0.3) is 0 Å². The zero-order valence-electron chi connectivity index (χ0n) is 16.5. The van der Waals surface area contributed by atoms with E-state index in [4.69, 9.17) is 0 Å². The van der Waals surface area contributed by atoms with E-state index >= 15 is 0 Å². The van der Waals surface area contributed by atoms with Crippen molar-refractivity contribution in [3.63, 3.8) is 0 Å². The van der Waals surface area contributed by atoms with Gasteiger partial charge >= 0.3 is 0 Å². The quantitative estimate of drug-likeness (QED) is 0.788. The van der Waals surface area contributed by atoms with E-state index < -0.39 is 0 Å². The van der Waals surface area contributed by atoms with Crippen molar-refractivity contribution in [2.75, 3.05) is 13.1 Å². The van der Waals surface area contributed by atoms with Crippen LogP contribution in [0.25, 0.3) is 0 Å². The number of hydrogen-bond acceptors (Lipinski definition) is 3. The first-order chi connectivity index (χ1) is 13.7. The van der Waals surface area contributed by atoms with Crippen LogP contribution in [-0.2, 0) is 16.8 Å². The molecule has 28 heavy (non-hydrogen) atoms. The van der Waals surface area contributed by atoms with Crippen LogP contribution in [0, 0.1) is 0 Å². The molecule has 5 rings (SSSR count). The molecule has 1 saturated carbocycles. The molecule has 1 amide bonds. The number of nitrogens with zero attached hydrogens (tertiary/aromatic N) is 1. The predicted molar refractivity (Wildman–Crippen MR) is 115 cm³/mol. The average molecular weight is 395 g/mol. The summed E-state index contributed by atoms with van der Waals surface area (Å²) in [5.74, 6) is 0.649. The van der Waals surface area contributed by atoms with Crippen molar-refractivity contribution < 1.29 is 4.79 Å². The summed E-state index contributed by atoms with van der Waals surface area (Å²) in [5, 5.41) is 7.69. The average Bonchev–Trinajstić information content (AvgIpc) is 3.28. The minimum atomic E-state index is 0.261. The first-order valence-corrected chi connectivity index (χ1v) is 11.8. The SMILES string of the molecule is O=C(CC1CC2(CCN(Cc3ccsc3)CC2)c2ccccc21)NC1CCC1. The van der Waals surface area contributed by atoms with Gasteiger partial charge in [0.2, 0.25) is 5.91 Å². The monoisotopic (exact) mass is 394 g/mol. The molecule has 1 atom stereocenters. The molecule has 2 aromatic rings. The third-order valence-electron chi connectivity index (χ3n) is 7.31. The Hall–Kier alpha value is -1.65. The van der Waals surface area contributed by atoms with Crippen LogP contribution in [0.3, 0.4) is 0 Å². The summed E-state index contributed by atoms with van der Waals surface area (Å²) < 4.78 is 0. The molecule has 0 radical (unpaired) electrons. The molecule has 1 spiro atoms. The minimum Gasteiger partial charge on any atom is -0.353 e. The third-order valence-corrected chi connectivity index (χ3v) is 8.04. The molecular formula is C24H30N2OS. The van der Waals surface area contributed by atoms with Gasteiger partial charge in [0.05, 0.1) is 0 Å². The number of benzene rings is 1. The summed E-state index contributed by atoms with van der Waals surface area (Å²) >= 11 is 1.79. The van der Waals surface area contributed by atoms with Crippen LogP contribution in [0.4, 0.5) is 0 Å². The van der Waals surface area contributed by atoms with Crippen LogP contribution in [0.5, 0.6) is 0 Å². The number of likely N-dealkylation sites (tertiary alicyclic amines) is 1. The van der Waals surface area contributed by atoms with Crippen molar-refractivity contribution in [2.24, 2.45) is 0 Å². The number of rotatable bonds is 5. The van der Waals surface area contributed by atoms with Gasteiger partial charge in [-0.2, -0.15) is 11.3 Å². The zero-order valence-corrected chi connectivity index (χ0v) is 17.3. The maximum Gasteiger partial charge on any atom is 0.220 e. The Kier molecular flexibility index (Phi) is 5.02. The highest BCUT2D eigenvalue weighted by Crippen LogP contribution is 2.52. The van der Waals surface area contributed by atoms with Crippen molar-refractivity contribution in [1.29, 1.82) is 0 Å². The van der Waals surface area contributed by atoms with Crippen LogP contribution in [-0.4, -0.2) is 29.9 Å². The Bertz CT molecular complexity index is 819. The van der Waals surface area contributed by atoms with Crippen molar-refractivity contribution in [2.45, 2.75) is 68.9 Å². The van der Waals surface area contributed by atoms with E-state index in [1.165, 1.54) is 36.0 Å². The largest absolute Gasteiger partial charge is 0.353 e. The van der Waals surface area contributed by atoms with Crippen molar-refractivity contribution in [1.82, 2.24) is 10.2 Å². The Morgan fingerprint density at radius 3 is 2.71 bits per heavy atom. The fraction of sp³-hybridized carbons (Fsp3) is 0.542. The van der Waals surface area contributed by atoms with E-state index in [0.717, 1.165) is 38.9 Å². The normalized spacial score (nSPS) is 24.1. The van der Waals surface area contributed by atoms with Crippen molar-refractivity contribution in [3.8, 4) is 0 Å². The molecule has 1 N–H and O–H groups in total. The third kappa shape index (κ3) is 3.53. The smallest absolute Gasteiger partial charge is 0.220 e. The lowest BCUT2D eigenvalue weighted by molar-refractivity contribution is -0.122. The van der Waals surface area contributed by atoms with E-state index in [2.05, 4.69) is 51.3 Å². The first kappa shape index (κ1) is 18.4. The van der Waals surface area contributed by atoms with Crippen LogP contribution in [0.15, 0.2) is 41.1 Å². The fourth-order valence-electron chi connectivity index (χ4n) is 5.53. The van der Waals surface area contributed by atoms with Gasteiger partial charge in [-0.3, -0.25) is 9.69 Å². The number of hydrogen-bond donors (Lipinski definition) is 1. The number of thiophene rings is 1. The second-order valence-corrected chi connectivity index (χ2v) is 9.86. The summed E-state index contributed by atoms with van der Waals surface area (Å²) in [6, 6.07) is 11.7. The number of carbonyl (C=O) groups is 1. The summed E-state index contributed by atoms with van der Waals surface area (Å²) in [4.78, 5) is 15.2. The topological polar surface area (TPSA) is 32.3 Å². The molecule has 1 aromatic heterocycles. The van der Waals surface area contributed by atoms with Gasteiger partial charge in [0, 0.05) is 19.0 Å². The highest BCUT2D eigenvalue weighted by Gasteiger charge is 2.45. The number of piperidine rings is 1. The van der Waals surface area contributed by atoms with Crippen molar-refractivity contribution in [3.05, 3.63) is 57.8 Å². The molecule has 3 nitrogen and oxygen atoms in total. The van der Waals surface area contributed by atoms with Crippen LogP contribution in [0.2, 0.25) is 0 Å². The second-order valence-electron chi connectivity index (χ2n) is 9.08. The minimum absolute atomic E-state index is 0.261. The molecule has 1 saturated heterocycles. The maximum atomic E-state index is 12.6. The lowest BCUT2D eigenvalue weighted by Gasteiger charge is -2.40. The zero-order chi connectivity index (χ0) is 19.0. The number of fused-ring (bicyclic) bond motifs is 2. The van der Waals surface area contributed by atoms with Gasteiger partial charge in [0.1, 0.15) is 0 Å². The Labute approximate surface area is 172 Å². The number of amides is 1. The maximum absolute atomic E-state index is 12.6. The highest BCUT2D eigenvalue weighted by atomic mass is 32.1. The molecule has 2 aliphatic carbocycles. The molecule has 1 aromatic carbocycles. The van der Waals surface area contributed by atoms with Crippen LogP contribution >= 0.6 is 11.3 Å². The molecule has 148 valence electrons. The van der Waals surface area contributed by atoms with Gasteiger partial charge in [-0.15, -0.1) is 0 Å². The molecule has 3 aliphatic rings. The van der Waals surface area contributed by atoms with E-state index in [1.807, 2.05) is 0 Å². The van der Waals surface area contributed by atoms with Crippen LogP contribution < -0.4 is 5.32 Å². The summed E-state index contributed by atoms with van der Waals surface area (Å²) in [6.07, 6.45) is 7.84. The molecular weight excluding hydrogens is 364 g/mol. The Balaban J connectivity index is 1.27. The second kappa shape index (κ2) is 7.64. The van der Waals surface area contributed by atoms with Crippen molar-refractivity contribution >= 4 is 17.2 Å². The van der Waals surface area contributed by atoms with Gasteiger partial charge in [0.15, 0.2) is 0 Å². The molecule has 1 unspecified atom stereocenters. The Morgan fingerprint density at radius 1 is 1.18 bits per heavy atom. The van der Waals surface area contributed by atoms with Gasteiger partial charge in [-0.1, -0.05) is 24.3 Å². The molecule has 2 heterocycles. The number of nitrogens with one attached hydrogen (secondary N) is 1. The first-order valence-electron chi connectivity index (χ1n) is 10.8. The summed E-state index contributed by atoms with van der Waals surface area (Å²) in [6.45, 7) is 3.39. The van der Waals surface area contributed by atoms with Gasteiger partial charge in [-0.05, 0) is 96.5 Å². The summed E-state index contributed by atoms with van der Waals surface area (Å²) in [5.41, 5.74) is 4.70. The van der Waals surface area contributed by atoms with E-state index in [-0.39, 0.29) is 11.3 Å².